The Morgan fingerprint density at radius 1 is 1.11 bits per heavy atom. The predicted octanol–water partition coefficient (Wildman–Crippen LogP) is 2.93. The van der Waals surface area contributed by atoms with Crippen molar-refractivity contribution in [3.63, 3.8) is 0 Å². The second-order valence-electron chi connectivity index (χ2n) is 3.70. The topological polar surface area (TPSA) is 76.7 Å². The number of hydrogen-bond donors (Lipinski definition) is 2. The molecule has 1 aromatic carbocycles. The van der Waals surface area contributed by atoms with Crippen LogP contribution in [-0.4, -0.2) is 15.0 Å². The monoisotopic (exact) mass is 283 g/mol. The lowest BCUT2D eigenvalue weighted by atomic mass is 10.1. The summed E-state index contributed by atoms with van der Waals surface area (Å²) in [4.78, 5) is 11.6. The average Bonchev–Trinajstić information content (AvgIpc) is 2.28. The van der Waals surface area contributed by atoms with Crippen LogP contribution in [0.2, 0.25) is 10.3 Å². The number of nitrogens with one attached hydrogen (secondary N) is 1. The van der Waals surface area contributed by atoms with Crippen molar-refractivity contribution in [1.82, 2.24) is 15.0 Å². The largest absolute Gasteiger partial charge is 0.368 e. The zero-order valence-corrected chi connectivity index (χ0v) is 11.1. The molecule has 7 heteroatoms. The molecule has 94 valence electrons. The third-order valence-corrected chi connectivity index (χ3v) is 2.76. The Kier molecular flexibility index (Phi) is 3.84. The van der Waals surface area contributed by atoms with Gasteiger partial charge in [-0.2, -0.15) is 15.0 Å². The Bertz CT molecular complexity index is 523. The minimum Gasteiger partial charge on any atom is -0.368 e. The molecule has 0 aliphatic rings. The van der Waals surface area contributed by atoms with Crippen LogP contribution >= 0.6 is 23.2 Å². The van der Waals surface area contributed by atoms with Gasteiger partial charge in [0.05, 0.1) is 6.04 Å². The number of nitrogens with two attached hydrogens (primary N) is 1. The van der Waals surface area contributed by atoms with Crippen molar-refractivity contribution in [3.8, 4) is 0 Å². The first kappa shape index (κ1) is 12.9. The summed E-state index contributed by atoms with van der Waals surface area (Å²) >= 11 is 11.5. The van der Waals surface area contributed by atoms with Gasteiger partial charge >= 0.3 is 0 Å². The van der Waals surface area contributed by atoms with E-state index < -0.39 is 0 Å². The number of hydrogen-bond acceptors (Lipinski definition) is 5. The van der Waals surface area contributed by atoms with Crippen LogP contribution in [0.3, 0.4) is 0 Å². The number of nitrogens with zero attached hydrogens (tertiary/aromatic N) is 3. The van der Waals surface area contributed by atoms with E-state index in [0.717, 1.165) is 5.56 Å². The second kappa shape index (κ2) is 5.37. The van der Waals surface area contributed by atoms with Gasteiger partial charge in [-0.05, 0) is 36.2 Å². The highest BCUT2D eigenvalue weighted by atomic mass is 35.5. The molecule has 0 aliphatic heterocycles. The Balaban J connectivity index is 2.15. The van der Waals surface area contributed by atoms with Gasteiger partial charge in [-0.15, -0.1) is 0 Å². The van der Waals surface area contributed by atoms with Crippen LogP contribution in [0, 0.1) is 0 Å². The molecule has 2 aromatic rings. The van der Waals surface area contributed by atoms with E-state index in [0.29, 0.717) is 11.0 Å². The molecule has 1 heterocycles. The Morgan fingerprint density at radius 2 is 1.78 bits per heavy atom. The molecule has 0 radical (unpaired) electrons. The molecule has 0 saturated heterocycles. The fraction of sp³-hybridized carbons (Fsp3) is 0.182. The third kappa shape index (κ3) is 3.21. The fourth-order valence-corrected chi connectivity index (χ4v) is 1.75. The van der Waals surface area contributed by atoms with Gasteiger partial charge in [0.25, 0.3) is 0 Å². The summed E-state index contributed by atoms with van der Waals surface area (Å²) < 4.78 is 0. The quantitative estimate of drug-likeness (QED) is 0.906. The molecular weight excluding hydrogens is 273 g/mol. The smallest absolute Gasteiger partial charge is 0.229 e. The fourth-order valence-electron chi connectivity index (χ4n) is 1.46. The summed E-state index contributed by atoms with van der Waals surface area (Å²) in [5.74, 6) is 0.427. The molecule has 1 aromatic heterocycles. The van der Waals surface area contributed by atoms with E-state index in [1.54, 1.807) is 0 Å². The van der Waals surface area contributed by atoms with Gasteiger partial charge in [0.15, 0.2) is 0 Å². The average molecular weight is 284 g/mol. The molecule has 5 nitrogen and oxygen atoms in total. The number of anilines is 2. The predicted molar refractivity (Wildman–Crippen MR) is 72.7 cm³/mol. The van der Waals surface area contributed by atoms with Crippen LogP contribution in [0.15, 0.2) is 24.3 Å². The van der Waals surface area contributed by atoms with Crippen LogP contribution in [0.5, 0.6) is 0 Å². The van der Waals surface area contributed by atoms with Gasteiger partial charge in [0.1, 0.15) is 0 Å². The molecule has 0 fully saturated rings. The first-order chi connectivity index (χ1) is 8.54. The third-order valence-electron chi connectivity index (χ3n) is 2.34. The standard InChI is InChI=1S/C11H11Cl2N5/c1-6(7-2-4-8(12)5-3-7)15-11-17-9(13)16-10(14)18-11/h2-6H,1H3,(H3,14,15,16,17,18). The zero-order valence-electron chi connectivity index (χ0n) is 9.56. The molecule has 0 aliphatic carbocycles. The maximum absolute atomic E-state index is 5.83. The normalized spacial score (nSPS) is 12.2. The Labute approximate surface area is 114 Å². The number of nitrogen functional groups attached to an aromatic ring is 1. The van der Waals surface area contributed by atoms with Gasteiger partial charge in [-0.1, -0.05) is 23.7 Å². The van der Waals surface area contributed by atoms with Crippen LogP contribution < -0.4 is 11.1 Å². The van der Waals surface area contributed by atoms with Crippen molar-refractivity contribution in [2.45, 2.75) is 13.0 Å². The molecule has 0 saturated carbocycles. The molecule has 0 amide bonds. The van der Waals surface area contributed by atoms with Crippen LogP contribution in [0.1, 0.15) is 18.5 Å². The number of rotatable bonds is 3. The molecule has 2 rings (SSSR count). The summed E-state index contributed by atoms with van der Waals surface area (Å²) in [6.45, 7) is 1.97. The minimum absolute atomic E-state index is 0.000123. The summed E-state index contributed by atoms with van der Waals surface area (Å²) in [7, 11) is 0. The lowest BCUT2D eigenvalue weighted by Crippen LogP contribution is -2.11. The number of aromatic nitrogens is 3. The van der Waals surface area contributed by atoms with E-state index in [1.165, 1.54) is 0 Å². The van der Waals surface area contributed by atoms with Crippen molar-refractivity contribution < 1.29 is 0 Å². The number of benzene rings is 1. The van der Waals surface area contributed by atoms with Gasteiger partial charge in [-0.3, -0.25) is 0 Å². The van der Waals surface area contributed by atoms with Gasteiger partial charge in [0.2, 0.25) is 17.2 Å². The maximum Gasteiger partial charge on any atom is 0.229 e. The van der Waals surface area contributed by atoms with E-state index in [4.69, 9.17) is 28.9 Å². The zero-order chi connectivity index (χ0) is 13.1. The molecule has 0 bridgehead atoms. The molecule has 3 N–H and O–H groups in total. The first-order valence-corrected chi connectivity index (χ1v) is 5.99. The van der Waals surface area contributed by atoms with Crippen molar-refractivity contribution in [3.05, 3.63) is 40.1 Å². The Morgan fingerprint density at radius 3 is 2.39 bits per heavy atom. The van der Waals surface area contributed by atoms with Crippen LogP contribution in [-0.2, 0) is 0 Å². The minimum atomic E-state index is 0.000123. The Hall–Kier alpha value is -1.59. The van der Waals surface area contributed by atoms with Gasteiger partial charge in [-0.25, -0.2) is 0 Å². The summed E-state index contributed by atoms with van der Waals surface area (Å²) in [6, 6.07) is 7.49. The van der Waals surface area contributed by atoms with E-state index in [1.807, 2.05) is 31.2 Å². The van der Waals surface area contributed by atoms with E-state index in [9.17, 15) is 0 Å². The van der Waals surface area contributed by atoms with Crippen LogP contribution in [0.4, 0.5) is 11.9 Å². The lowest BCUT2D eigenvalue weighted by molar-refractivity contribution is 0.855. The summed E-state index contributed by atoms with van der Waals surface area (Å²) in [5.41, 5.74) is 6.54. The molecule has 1 unspecified atom stereocenters. The van der Waals surface area contributed by atoms with Gasteiger partial charge < -0.3 is 11.1 Å². The SMILES string of the molecule is CC(Nc1nc(N)nc(Cl)n1)c1ccc(Cl)cc1. The van der Waals surface area contributed by atoms with Gasteiger partial charge in [0, 0.05) is 5.02 Å². The molecule has 1 atom stereocenters. The molecular formula is C11H11Cl2N5. The molecule has 18 heavy (non-hydrogen) atoms. The highest BCUT2D eigenvalue weighted by Gasteiger charge is 2.08. The van der Waals surface area contributed by atoms with Crippen molar-refractivity contribution >= 4 is 35.1 Å². The van der Waals surface area contributed by atoms with E-state index in [-0.39, 0.29) is 17.3 Å². The summed E-state index contributed by atoms with van der Waals surface area (Å²) in [6.07, 6.45) is 0. The van der Waals surface area contributed by atoms with Crippen molar-refractivity contribution in [2.75, 3.05) is 11.1 Å². The van der Waals surface area contributed by atoms with E-state index in [2.05, 4.69) is 20.3 Å². The highest BCUT2D eigenvalue weighted by Crippen LogP contribution is 2.19. The van der Waals surface area contributed by atoms with Crippen LogP contribution in [0.25, 0.3) is 0 Å². The molecule has 0 spiro atoms. The van der Waals surface area contributed by atoms with E-state index >= 15 is 0 Å². The maximum atomic E-state index is 5.83. The highest BCUT2D eigenvalue weighted by molar-refractivity contribution is 6.30. The number of halogens is 2. The first-order valence-electron chi connectivity index (χ1n) is 5.23. The second-order valence-corrected chi connectivity index (χ2v) is 4.48. The van der Waals surface area contributed by atoms with Crippen molar-refractivity contribution in [2.24, 2.45) is 0 Å². The lowest BCUT2D eigenvalue weighted by Gasteiger charge is -2.14. The summed E-state index contributed by atoms with van der Waals surface area (Å²) in [5, 5.41) is 3.85. The van der Waals surface area contributed by atoms with Crippen molar-refractivity contribution in [1.29, 1.82) is 0 Å².